The van der Waals surface area contributed by atoms with Gasteiger partial charge in [0.15, 0.2) is 0 Å². The minimum atomic E-state index is -0.882. The summed E-state index contributed by atoms with van der Waals surface area (Å²) in [6.45, 7) is 19.2. The number of rotatable bonds is 9. The molecule has 1 atom stereocenters. The fourth-order valence-electron chi connectivity index (χ4n) is 6.46. The van der Waals surface area contributed by atoms with Gasteiger partial charge in [0, 0.05) is 11.2 Å². The predicted octanol–water partition coefficient (Wildman–Crippen LogP) is 11.8. The number of halogens is 2. The van der Waals surface area contributed by atoms with Gasteiger partial charge in [-0.1, -0.05) is 74.9 Å². The molecule has 242 valence electrons. The first-order chi connectivity index (χ1) is 21.5. The van der Waals surface area contributed by atoms with E-state index in [-0.39, 0.29) is 11.0 Å². The number of hydrogen-bond acceptors (Lipinski definition) is 2. The zero-order valence-corrected chi connectivity index (χ0v) is 33.8. The van der Waals surface area contributed by atoms with Crippen molar-refractivity contribution < 1.29 is 13.2 Å². The molecule has 1 heterocycles. The van der Waals surface area contributed by atoms with Gasteiger partial charge in [0.1, 0.15) is 0 Å². The molecule has 1 aliphatic heterocycles. The van der Waals surface area contributed by atoms with Crippen molar-refractivity contribution in [1.82, 2.24) is 0 Å². The maximum absolute atomic E-state index is 6.20. The van der Waals surface area contributed by atoms with Crippen LogP contribution in [0, 0.1) is 6.54 Å². The summed E-state index contributed by atoms with van der Waals surface area (Å²) in [6, 6.07) is 34.6. The van der Waals surface area contributed by atoms with Crippen LogP contribution in [0.25, 0.3) is 0 Å². The normalized spacial score (nSPS) is 17.5. The molecule has 5 heteroatoms. The van der Waals surface area contributed by atoms with E-state index in [9.17, 15) is 0 Å². The fourth-order valence-corrected chi connectivity index (χ4v) is 10.1. The smallest absolute Gasteiger partial charge is 0.0140 e. The Labute approximate surface area is 299 Å². The van der Waals surface area contributed by atoms with Crippen molar-refractivity contribution >= 4 is 49.8 Å². The maximum Gasteiger partial charge on any atom is 0.0140 e. The Hall–Kier alpha value is -1.57. The van der Waals surface area contributed by atoms with Crippen molar-refractivity contribution in [3.8, 4) is 5.75 Å². The first-order valence-corrected chi connectivity index (χ1v) is 27.3. The second kappa shape index (κ2) is 16.5. The van der Waals surface area contributed by atoms with Crippen LogP contribution in [0.3, 0.4) is 0 Å². The number of para-hydroxylation sites is 2. The van der Waals surface area contributed by atoms with Crippen molar-refractivity contribution in [3.05, 3.63) is 137 Å². The van der Waals surface area contributed by atoms with Crippen LogP contribution in [0.4, 0.5) is 5.69 Å². The largest absolute Gasteiger partial charge is 0.517 e. The van der Waals surface area contributed by atoms with Crippen molar-refractivity contribution in [2.24, 2.45) is 0 Å². The Kier molecular flexibility index (Phi) is 13.3. The van der Waals surface area contributed by atoms with Gasteiger partial charge in [-0.2, -0.15) is 0 Å². The summed E-state index contributed by atoms with van der Waals surface area (Å²) in [6.07, 6.45) is 3.28. The summed E-state index contributed by atoms with van der Waals surface area (Å²) in [5, 5.41) is 0. The molecule has 4 aromatic carbocycles. The minimum absolute atomic E-state index is 0.0800. The maximum atomic E-state index is 6.20. The van der Waals surface area contributed by atoms with Gasteiger partial charge in [-0.15, -0.1) is 5.41 Å². The van der Waals surface area contributed by atoms with E-state index < -0.39 is 8.47 Å². The zero-order chi connectivity index (χ0) is 32.6. The summed E-state index contributed by atoms with van der Waals surface area (Å²) in [5.41, 5.74) is 9.70. The van der Waals surface area contributed by atoms with E-state index in [1.807, 2.05) is 6.07 Å². The van der Waals surface area contributed by atoms with Crippen molar-refractivity contribution in [1.29, 1.82) is 0 Å². The number of aryl methyl sites for hydroxylation is 2. The average Bonchev–Trinajstić information content (AvgIpc) is 3.29. The topological polar surface area (TPSA) is 12.5 Å². The van der Waals surface area contributed by atoms with Gasteiger partial charge in [0.2, 0.25) is 0 Å². The molecule has 2 nitrogen and oxygen atoms in total. The third-order valence-corrected chi connectivity index (χ3v) is 12.1. The number of benzene rings is 4. The molecular weight excluding hydrogens is 865 g/mol. The van der Waals surface area contributed by atoms with E-state index >= 15 is 0 Å². The summed E-state index contributed by atoms with van der Waals surface area (Å²) < 4.78 is 8.59. The third-order valence-electron chi connectivity index (χ3n) is 8.62. The van der Waals surface area contributed by atoms with Crippen molar-refractivity contribution in [2.45, 2.75) is 91.2 Å². The van der Waals surface area contributed by atoms with Crippen LogP contribution >= 0.6 is 39.5 Å². The zero-order valence-electron chi connectivity index (χ0n) is 27.8. The Balaban J connectivity index is 0.000000207. The average molecular weight is 914 g/mol. The SMILES string of the molecule is CC(C)c1cccc([CH]=[Ru]([I])[I])c1OCc1ccccc1.CCc1cccc(CC)c1N1[CH-]C(C)(c2ccccc2)CC1(C)C. The van der Waals surface area contributed by atoms with Crippen molar-refractivity contribution in [2.75, 3.05) is 4.90 Å². The quantitative estimate of drug-likeness (QED) is 0.0942. The second-order valence-corrected chi connectivity index (χ2v) is 32.8. The molecule has 45 heavy (non-hydrogen) atoms. The molecular formula is C40H48I2NORu-. The standard InChI is InChI=1S/C23H30N.C17H18O.2HI.Ru/c1-6-18-12-11-13-19(7-2)21(18)24-17-23(5,16-22(24,3)4)20-14-9-8-10-15-20;1-13(2)16-11-7-8-14(3)17(16)18-12-15-9-5-4-6-10-15;;;/h8-15,17H,6-7,16H2,1-5H3;3-11,13H,12H2,1-2H3;2*1H;/q-1;;;;+2/p-2. The molecule has 1 aliphatic rings. The Morgan fingerprint density at radius 3 is 1.96 bits per heavy atom. The molecule has 0 radical (unpaired) electrons. The van der Waals surface area contributed by atoms with Crippen LogP contribution in [0.2, 0.25) is 0 Å². The van der Waals surface area contributed by atoms with Gasteiger partial charge < -0.3 is 4.90 Å². The Morgan fingerprint density at radius 2 is 1.40 bits per heavy atom. The molecule has 5 rings (SSSR count). The van der Waals surface area contributed by atoms with E-state index in [1.165, 1.54) is 39.1 Å². The van der Waals surface area contributed by atoms with E-state index in [0.717, 1.165) is 25.0 Å². The summed E-state index contributed by atoms with van der Waals surface area (Å²) in [5.74, 6) is 1.52. The molecule has 0 amide bonds. The van der Waals surface area contributed by atoms with Crippen LogP contribution in [-0.4, -0.2) is 10.1 Å². The predicted molar refractivity (Wildman–Crippen MR) is 209 cm³/mol. The number of anilines is 1. The van der Waals surface area contributed by atoms with Crippen LogP contribution in [0.1, 0.15) is 94.2 Å². The molecule has 0 N–H and O–H groups in total. The number of hydrogen-bond donors (Lipinski definition) is 0. The van der Waals surface area contributed by atoms with Gasteiger partial charge in [-0.05, 0) is 44.2 Å². The molecule has 0 aliphatic carbocycles. The summed E-state index contributed by atoms with van der Waals surface area (Å²) in [4.78, 5) is 2.57. The molecule has 0 saturated carbocycles. The monoisotopic (exact) mass is 914 g/mol. The molecule has 4 aromatic rings. The van der Waals surface area contributed by atoms with Crippen LogP contribution in [-0.2, 0) is 33.3 Å². The molecule has 0 aromatic heterocycles. The summed E-state index contributed by atoms with van der Waals surface area (Å²) >= 11 is 5.10. The number of nitrogens with zero attached hydrogens (tertiary/aromatic N) is 1. The fraction of sp³-hybridized carbons (Fsp3) is 0.350. The summed E-state index contributed by atoms with van der Waals surface area (Å²) in [7, 11) is -0.882. The van der Waals surface area contributed by atoms with E-state index in [4.69, 9.17) is 4.74 Å². The van der Waals surface area contributed by atoms with Gasteiger partial charge in [-0.3, -0.25) is 0 Å². The van der Waals surface area contributed by atoms with E-state index in [0.29, 0.717) is 12.5 Å². The number of ether oxygens (including phenoxy) is 1. The Bertz CT molecular complexity index is 1540. The van der Waals surface area contributed by atoms with Gasteiger partial charge in [0.05, 0.1) is 0 Å². The van der Waals surface area contributed by atoms with Crippen LogP contribution < -0.4 is 9.64 Å². The molecule has 1 unspecified atom stereocenters. The van der Waals surface area contributed by atoms with Gasteiger partial charge in [0.25, 0.3) is 0 Å². The molecule has 1 fully saturated rings. The first-order valence-electron chi connectivity index (χ1n) is 15.9. The minimum Gasteiger partial charge on any atom is -0.517 e. The van der Waals surface area contributed by atoms with Crippen LogP contribution in [0.5, 0.6) is 5.75 Å². The van der Waals surface area contributed by atoms with Gasteiger partial charge >= 0.3 is 155 Å². The van der Waals surface area contributed by atoms with Gasteiger partial charge in [-0.25, -0.2) is 6.54 Å². The van der Waals surface area contributed by atoms with E-state index in [1.54, 1.807) is 0 Å². The van der Waals surface area contributed by atoms with Crippen molar-refractivity contribution in [3.63, 3.8) is 0 Å². The third kappa shape index (κ3) is 9.29. The Morgan fingerprint density at radius 1 is 0.822 bits per heavy atom. The molecule has 0 spiro atoms. The molecule has 1 saturated heterocycles. The first kappa shape index (κ1) is 36.3. The van der Waals surface area contributed by atoms with E-state index in [2.05, 4.69) is 195 Å². The second-order valence-electron chi connectivity index (χ2n) is 12.9. The molecule has 0 bridgehead atoms. The van der Waals surface area contributed by atoms with Crippen LogP contribution in [0.15, 0.2) is 97.1 Å².